The van der Waals surface area contributed by atoms with Crippen molar-refractivity contribution < 1.29 is 13.9 Å². The first-order chi connectivity index (χ1) is 17.0. The van der Waals surface area contributed by atoms with Crippen molar-refractivity contribution in [1.82, 2.24) is 14.9 Å². The number of ether oxygens (including phenoxy) is 1. The lowest BCUT2D eigenvalue weighted by atomic mass is 9.75. The predicted molar refractivity (Wildman–Crippen MR) is 133 cm³/mol. The van der Waals surface area contributed by atoms with Gasteiger partial charge in [-0.05, 0) is 68.9 Å². The quantitative estimate of drug-likeness (QED) is 0.564. The van der Waals surface area contributed by atoms with Gasteiger partial charge in [-0.1, -0.05) is 0 Å². The lowest BCUT2D eigenvalue weighted by Gasteiger charge is -2.42. The molecule has 5 rings (SSSR count). The van der Waals surface area contributed by atoms with Crippen LogP contribution in [0.2, 0.25) is 0 Å². The maximum absolute atomic E-state index is 13.6. The zero-order chi connectivity index (χ0) is 24.6. The molecule has 2 aromatic rings. The molecule has 3 aliphatic rings. The van der Waals surface area contributed by atoms with Crippen molar-refractivity contribution in [3.8, 4) is 11.9 Å². The van der Waals surface area contributed by atoms with Crippen LogP contribution in [0.25, 0.3) is 0 Å². The van der Waals surface area contributed by atoms with Gasteiger partial charge in [0.1, 0.15) is 30.1 Å². The molecule has 8 nitrogen and oxygen atoms in total. The fraction of sp³-hybridized carbons (Fsp3) is 0.480. The minimum atomic E-state index is -0.716. The van der Waals surface area contributed by atoms with Gasteiger partial charge in [-0.25, -0.2) is 14.4 Å². The summed E-state index contributed by atoms with van der Waals surface area (Å²) >= 11 is 5.80. The van der Waals surface area contributed by atoms with E-state index in [2.05, 4.69) is 20.9 Å². The first-order valence-electron chi connectivity index (χ1n) is 11.9. The fourth-order valence-corrected chi connectivity index (χ4v) is 5.59. The number of aromatic nitrogens is 2. The van der Waals surface area contributed by atoms with Crippen LogP contribution >= 0.6 is 12.2 Å². The van der Waals surface area contributed by atoms with E-state index >= 15 is 0 Å². The lowest BCUT2D eigenvalue weighted by Crippen LogP contribution is -2.55. The van der Waals surface area contributed by atoms with Gasteiger partial charge in [-0.15, -0.1) is 0 Å². The number of piperidine rings is 1. The second-order valence-corrected chi connectivity index (χ2v) is 9.68. The molecule has 0 unspecified atom stereocenters. The summed E-state index contributed by atoms with van der Waals surface area (Å²) in [5.74, 6) is 0.459. The van der Waals surface area contributed by atoms with Crippen molar-refractivity contribution in [1.29, 1.82) is 5.26 Å². The third-order valence-corrected chi connectivity index (χ3v) is 7.59. The predicted octanol–water partition coefficient (Wildman–Crippen LogP) is 3.53. The Morgan fingerprint density at radius 3 is 2.54 bits per heavy atom. The van der Waals surface area contributed by atoms with Crippen LogP contribution in [-0.4, -0.2) is 63.8 Å². The van der Waals surface area contributed by atoms with E-state index in [4.69, 9.17) is 17.0 Å². The second kappa shape index (κ2) is 9.47. The molecule has 1 amide bonds. The van der Waals surface area contributed by atoms with Crippen LogP contribution in [0.4, 0.5) is 15.8 Å². The molecule has 35 heavy (non-hydrogen) atoms. The normalized spacial score (nSPS) is 20.3. The van der Waals surface area contributed by atoms with Crippen molar-refractivity contribution in [2.45, 2.75) is 50.7 Å². The molecule has 1 saturated carbocycles. The van der Waals surface area contributed by atoms with Crippen LogP contribution in [0.3, 0.4) is 0 Å². The fourth-order valence-electron chi connectivity index (χ4n) is 5.12. The molecule has 1 spiro atoms. The summed E-state index contributed by atoms with van der Waals surface area (Å²) in [7, 11) is 0. The van der Waals surface area contributed by atoms with Crippen LogP contribution in [0.1, 0.15) is 43.4 Å². The first-order valence-corrected chi connectivity index (χ1v) is 12.3. The smallest absolute Gasteiger partial charge is 0.259 e. The zero-order valence-corrected chi connectivity index (χ0v) is 20.4. The molecular formula is C25H27FN6O2S. The van der Waals surface area contributed by atoms with Crippen molar-refractivity contribution in [2.24, 2.45) is 0 Å². The van der Waals surface area contributed by atoms with Gasteiger partial charge in [0.25, 0.3) is 5.91 Å². The van der Waals surface area contributed by atoms with Crippen molar-refractivity contribution in [3.63, 3.8) is 0 Å². The summed E-state index contributed by atoms with van der Waals surface area (Å²) in [5.41, 5.74) is 1.62. The Morgan fingerprint density at radius 2 is 1.97 bits per heavy atom. The molecule has 0 aromatic carbocycles. The highest BCUT2D eigenvalue weighted by Crippen LogP contribution is 2.47. The third-order valence-electron chi connectivity index (χ3n) is 7.22. The average Bonchev–Trinajstić information content (AvgIpc) is 3.07. The van der Waals surface area contributed by atoms with E-state index < -0.39 is 5.54 Å². The number of hydrogen-bond acceptors (Lipinski definition) is 7. The number of amides is 1. The molecule has 0 bridgehead atoms. The number of aryl methyl sites for hydroxylation is 1. The van der Waals surface area contributed by atoms with Crippen molar-refractivity contribution in [2.75, 3.05) is 36.1 Å². The SMILES string of the molecule is Cc1cc(N2C(=O)C3(CCC3)N(c3ccc(OC4CCN(CCF)CC4)nc3)C2=S)cnc1C#N. The van der Waals surface area contributed by atoms with Crippen LogP contribution in [0.5, 0.6) is 5.88 Å². The van der Waals surface area contributed by atoms with E-state index in [9.17, 15) is 14.4 Å². The monoisotopic (exact) mass is 494 g/mol. The van der Waals surface area contributed by atoms with Crippen LogP contribution < -0.4 is 14.5 Å². The van der Waals surface area contributed by atoms with E-state index in [1.165, 1.54) is 11.1 Å². The average molecular weight is 495 g/mol. The maximum Gasteiger partial charge on any atom is 0.259 e. The van der Waals surface area contributed by atoms with Crippen LogP contribution in [0, 0.1) is 18.3 Å². The molecule has 182 valence electrons. The van der Waals surface area contributed by atoms with Gasteiger partial charge in [0.15, 0.2) is 5.11 Å². The molecule has 0 N–H and O–H groups in total. The largest absolute Gasteiger partial charge is 0.474 e. The second-order valence-electron chi connectivity index (χ2n) is 9.32. The highest BCUT2D eigenvalue weighted by molar-refractivity contribution is 7.81. The molecule has 2 saturated heterocycles. The van der Waals surface area contributed by atoms with Crippen LogP contribution in [0.15, 0.2) is 30.6 Å². The van der Waals surface area contributed by atoms with Gasteiger partial charge in [-0.2, -0.15) is 5.26 Å². The minimum absolute atomic E-state index is 0.0549. The maximum atomic E-state index is 13.6. The minimum Gasteiger partial charge on any atom is -0.474 e. The van der Waals surface area contributed by atoms with E-state index in [0.717, 1.165) is 38.0 Å². The topological polar surface area (TPSA) is 85.6 Å². The molecular weight excluding hydrogens is 467 g/mol. The summed E-state index contributed by atoms with van der Waals surface area (Å²) < 4.78 is 18.6. The summed E-state index contributed by atoms with van der Waals surface area (Å²) in [4.78, 5) is 27.9. The van der Waals surface area contributed by atoms with E-state index in [0.29, 0.717) is 47.3 Å². The Kier molecular flexibility index (Phi) is 6.38. The molecule has 0 radical (unpaired) electrons. The number of anilines is 2. The van der Waals surface area contributed by atoms with Gasteiger partial charge in [0, 0.05) is 25.7 Å². The van der Waals surface area contributed by atoms with Gasteiger partial charge >= 0.3 is 0 Å². The number of likely N-dealkylation sites (tertiary alicyclic amines) is 1. The molecule has 2 aliphatic heterocycles. The molecule has 4 heterocycles. The molecule has 0 atom stereocenters. The van der Waals surface area contributed by atoms with E-state index in [1.807, 2.05) is 17.0 Å². The molecule has 1 aliphatic carbocycles. The number of nitrogens with zero attached hydrogens (tertiary/aromatic N) is 6. The number of halogens is 1. The number of hydrogen-bond donors (Lipinski definition) is 0. The number of carbonyl (C=O) groups excluding carboxylic acids is 1. The molecule has 10 heteroatoms. The Labute approximate surface area is 209 Å². The Morgan fingerprint density at radius 1 is 1.23 bits per heavy atom. The molecule has 3 fully saturated rings. The number of rotatable bonds is 6. The summed E-state index contributed by atoms with van der Waals surface area (Å²) in [5, 5.41) is 9.58. The zero-order valence-electron chi connectivity index (χ0n) is 19.6. The number of thiocarbonyl (C=S) groups is 1. The summed E-state index contributed by atoms with van der Waals surface area (Å²) in [6.45, 7) is 3.58. The number of pyridine rings is 2. The summed E-state index contributed by atoms with van der Waals surface area (Å²) in [6.07, 6.45) is 7.33. The van der Waals surface area contributed by atoms with Gasteiger partial charge < -0.3 is 14.5 Å². The highest BCUT2D eigenvalue weighted by Gasteiger charge is 2.59. The van der Waals surface area contributed by atoms with E-state index in [1.54, 1.807) is 19.2 Å². The van der Waals surface area contributed by atoms with E-state index in [-0.39, 0.29) is 18.7 Å². The van der Waals surface area contributed by atoms with Crippen molar-refractivity contribution in [3.05, 3.63) is 41.9 Å². The molecule has 2 aromatic heterocycles. The highest BCUT2D eigenvalue weighted by atomic mass is 32.1. The Balaban J connectivity index is 1.34. The van der Waals surface area contributed by atoms with Crippen LogP contribution in [-0.2, 0) is 4.79 Å². The number of carbonyl (C=O) groups is 1. The third kappa shape index (κ3) is 4.13. The Hall–Kier alpha value is -3.16. The lowest BCUT2D eigenvalue weighted by molar-refractivity contribution is -0.123. The van der Waals surface area contributed by atoms with Crippen molar-refractivity contribution >= 4 is 34.6 Å². The Bertz CT molecular complexity index is 1170. The standard InChI is InChI=1S/C25H27FN6O2S/c1-17-13-19(16-28-21(17)14-27)31-23(33)25(7-2-8-25)32(24(31)35)18-3-4-22(29-15-18)34-20-5-10-30(11-6-20)12-9-26/h3-4,13,15-16,20H,2,5-12H2,1H3. The first kappa shape index (κ1) is 23.6. The number of alkyl halides is 1. The van der Waals surface area contributed by atoms with Gasteiger partial charge in [-0.3, -0.25) is 9.69 Å². The summed E-state index contributed by atoms with van der Waals surface area (Å²) in [6, 6.07) is 7.55. The van der Waals surface area contributed by atoms with Gasteiger partial charge in [0.2, 0.25) is 5.88 Å². The number of nitriles is 1. The van der Waals surface area contributed by atoms with Gasteiger partial charge in [0.05, 0.1) is 23.8 Å².